The Kier molecular flexibility index (Phi) is 4.96. The predicted octanol–water partition coefficient (Wildman–Crippen LogP) is 1.39. The van der Waals surface area contributed by atoms with Gasteiger partial charge in [0.25, 0.3) is 0 Å². The Morgan fingerprint density at radius 2 is 2.06 bits per heavy atom. The van der Waals surface area contributed by atoms with E-state index >= 15 is 0 Å². The second-order valence-corrected chi connectivity index (χ2v) is 5.98. The fourth-order valence-corrected chi connectivity index (χ4v) is 3.22. The van der Waals surface area contributed by atoms with Gasteiger partial charge in [0.15, 0.2) is 9.84 Å². The van der Waals surface area contributed by atoms with Crippen molar-refractivity contribution in [3.63, 3.8) is 0 Å². The number of sulfone groups is 1. The highest BCUT2D eigenvalue weighted by Gasteiger charge is 2.16. The first-order chi connectivity index (χ1) is 8.01. The third-order valence-electron chi connectivity index (χ3n) is 2.56. The summed E-state index contributed by atoms with van der Waals surface area (Å²) in [5, 5.41) is 2.94. The van der Waals surface area contributed by atoms with Crippen LogP contribution in [0, 0.1) is 6.92 Å². The van der Waals surface area contributed by atoms with Crippen LogP contribution >= 0.6 is 0 Å². The number of rotatable bonds is 6. The van der Waals surface area contributed by atoms with Crippen LogP contribution in [0.1, 0.15) is 12.0 Å². The van der Waals surface area contributed by atoms with Gasteiger partial charge in [0.05, 0.1) is 17.8 Å². The van der Waals surface area contributed by atoms with Crippen LogP contribution in [0.3, 0.4) is 0 Å². The minimum Gasteiger partial charge on any atom is -0.497 e. The molecular weight excluding hydrogens is 238 g/mol. The maximum atomic E-state index is 12.1. The van der Waals surface area contributed by atoms with Crippen LogP contribution < -0.4 is 10.1 Å². The summed E-state index contributed by atoms with van der Waals surface area (Å²) < 4.78 is 29.2. The van der Waals surface area contributed by atoms with Gasteiger partial charge in [-0.05, 0) is 50.7 Å². The maximum absolute atomic E-state index is 12.1. The smallest absolute Gasteiger partial charge is 0.178 e. The molecule has 1 N–H and O–H groups in total. The second-order valence-electron chi connectivity index (χ2n) is 3.91. The predicted molar refractivity (Wildman–Crippen MR) is 68.3 cm³/mol. The average Bonchev–Trinajstić information content (AvgIpc) is 2.28. The SMILES string of the molecule is CNCCCS(=O)(=O)c1ccc(OC)cc1C. The number of benzene rings is 1. The Labute approximate surface area is 103 Å². The molecule has 0 radical (unpaired) electrons. The molecule has 0 heterocycles. The van der Waals surface area contributed by atoms with Crippen LogP contribution in [-0.2, 0) is 9.84 Å². The van der Waals surface area contributed by atoms with Gasteiger partial charge in [-0.3, -0.25) is 0 Å². The summed E-state index contributed by atoms with van der Waals surface area (Å²) in [6.07, 6.45) is 0.615. The van der Waals surface area contributed by atoms with Gasteiger partial charge in [-0.25, -0.2) is 8.42 Å². The van der Waals surface area contributed by atoms with E-state index in [1.807, 2.05) is 7.05 Å². The first kappa shape index (κ1) is 14.0. The van der Waals surface area contributed by atoms with E-state index in [0.29, 0.717) is 23.6 Å². The molecule has 0 unspecified atom stereocenters. The lowest BCUT2D eigenvalue weighted by Crippen LogP contribution is -2.15. The van der Waals surface area contributed by atoms with E-state index in [0.717, 1.165) is 5.56 Å². The van der Waals surface area contributed by atoms with Gasteiger partial charge >= 0.3 is 0 Å². The number of aryl methyl sites for hydroxylation is 1. The highest BCUT2D eigenvalue weighted by atomic mass is 32.2. The minimum absolute atomic E-state index is 0.168. The van der Waals surface area contributed by atoms with Gasteiger partial charge in [-0.1, -0.05) is 0 Å². The van der Waals surface area contributed by atoms with Gasteiger partial charge in [0.2, 0.25) is 0 Å². The second kappa shape index (κ2) is 6.02. The molecule has 0 fully saturated rings. The van der Waals surface area contributed by atoms with Crippen molar-refractivity contribution in [2.75, 3.05) is 26.5 Å². The van der Waals surface area contributed by atoms with Crippen molar-refractivity contribution >= 4 is 9.84 Å². The Morgan fingerprint density at radius 3 is 2.59 bits per heavy atom. The Bertz CT molecular complexity index is 469. The number of methoxy groups -OCH3 is 1. The summed E-state index contributed by atoms with van der Waals surface area (Å²) in [4.78, 5) is 0.398. The Balaban J connectivity index is 2.91. The van der Waals surface area contributed by atoms with Gasteiger partial charge in [0, 0.05) is 0 Å². The molecule has 17 heavy (non-hydrogen) atoms. The van der Waals surface area contributed by atoms with Crippen molar-refractivity contribution in [3.8, 4) is 5.75 Å². The summed E-state index contributed by atoms with van der Waals surface area (Å²) >= 11 is 0. The zero-order chi connectivity index (χ0) is 12.9. The normalized spacial score (nSPS) is 11.5. The third kappa shape index (κ3) is 3.71. The van der Waals surface area contributed by atoms with Crippen LogP contribution in [0.15, 0.2) is 23.1 Å². The molecule has 1 aromatic rings. The molecule has 0 aromatic heterocycles. The molecule has 0 amide bonds. The first-order valence-electron chi connectivity index (χ1n) is 5.53. The van der Waals surface area contributed by atoms with Gasteiger partial charge in [-0.15, -0.1) is 0 Å². The molecule has 1 rings (SSSR count). The van der Waals surface area contributed by atoms with Crippen molar-refractivity contribution in [3.05, 3.63) is 23.8 Å². The largest absolute Gasteiger partial charge is 0.497 e. The van der Waals surface area contributed by atoms with E-state index in [-0.39, 0.29) is 5.75 Å². The lowest BCUT2D eigenvalue weighted by atomic mass is 10.2. The molecule has 0 aliphatic carbocycles. The lowest BCUT2D eigenvalue weighted by Gasteiger charge is -2.09. The number of hydrogen-bond donors (Lipinski definition) is 1. The first-order valence-corrected chi connectivity index (χ1v) is 7.18. The van der Waals surface area contributed by atoms with Crippen molar-refractivity contribution in [2.24, 2.45) is 0 Å². The summed E-state index contributed by atoms with van der Waals surface area (Å²) in [6.45, 7) is 2.49. The number of nitrogens with one attached hydrogen (secondary N) is 1. The Morgan fingerprint density at radius 1 is 1.35 bits per heavy atom. The summed E-state index contributed by atoms with van der Waals surface area (Å²) in [7, 11) is 0.192. The Hall–Kier alpha value is -1.07. The highest BCUT2D eigenvalue weighted by molar-refractivity contribution is 7.91. The number of ether oxygens (including phenoxy) is 1. The van der Waals surface area contributed by atoms with Crippen LogP contribution in [0.2, 0.25) is 0 Å². The lowest BCUT2D eigenvalue weighted by molar-refractivity contribution is 0.414. The molecule has 0 aliphatic heterocycles. The van der Waals surface area contributed by atoms with Crippen LogP contribution in [-0.4, -0.2) is 34.9 Å². The van der Waals surface area contributed by atoms with E-state index in [9.17, 15) is 8.42 Å². The molecule has 4 nitrogen and oxygen atoms in total. The van der Waals surface area contributed by atoms with E-state index in [1.165, 1.54) is 0 Å². The van der Waals surface area contributed by atoms with Crippen LogP contribution in [0.4, 0.5) is 0 Å². The maximum Gasteiger partial charge on any atom is 0.178 e. The monoisotopic (exact) mass is 257 g/mol. The van der Waals surface area contributed by atoms with E-state index < -0.39 is 9.84 Å². The molecule has 0 spiro atoms. The van der Waals surface area contributed by atoms with Crippen molar-refractivity contribution in [1.29, 1.82) is 0 Å². The molecule has 0 atom stereocenters. The molecule has 0 bridgehead atoms. The highest BCUT2D eigenvalue weighted by Crippen LogP contribution is 2.22. The standard InChI is InChI=1S/C12H19NO3S/c1-10-9-11(16-3)5-6-12(10)17(14,15)8-4-7-13-2/h5-6,9,13H,4,7-8H2,1-3H3. The van der Waals surface area contributed by atoms with Gasteiger partial charge in [0.1, 0.15) is 5.75 Å². The molecule has 96 valence electrons. The molecular formula is C12H19NO3S. The van der Waals surface area contributed by atoms with Crippen LogP contribution in [0.25, 0.3) is 0 Å². The van der Waals surface area contributed by atoms with Crippen LogP contribution in [0.5, 0.6) is 5.75 Å². The zero-order valence-electron chi connectivity index (χ0n) is 10.5. The van der Waals surface area contributed by atoms with E-state index in [2.05, 4.69) is 5.32 Å². The van der Waals surface area contributed by atoms with E-state index in [4.69, 9.17) is 4.74 Å². The van der Waals surface area contributed by atoms with E-state index in [1.54, 1.807) is 32.2 Å². The summed E-state index contributed by atoms with van der Waals surface area (Å²) in [5.74, 6) is 0.845. The van der Waals surface area contributed by atoms with Crippen molar-refractivity contribution < 1.29 is 13.2 Å². The third-order valence-corrected chi connectivity index (χ3v) is 4.51. The average molecular weight is 257 g/mol. The molecule has 0 saturated carbocycles. The zero-order valence-corrected chi connectivity index (χ0v) is 11.3. The molecule has 5 heteroatoms. The number of hydrogen-bond acceptors (Lipinski definition) is 4. The molecule has 1 aromatic carbocycles. The fourth-order valence-electron chi connectivity index (χ4n) is 1.65. The van der Waals surface area contributed by atoms with Gasteiger partial charge in [-0.2, -0.15) is 0 Å². The molecule has 0 aliphatic rings. The van der Waals surface area contributed by atoms with Crippen molar-refractivity contribution in [2.45, 2.75) is 18.2 Å². The topological polar surface area (TPSA) is 55.4 Å². The summed E-state index contributed by atoms with van der Waals surface area (Å²) in [6, 6.07) is 5.03. The molecule has 0 saturated heterocycles. The fraction of sp³-hybridized carbons (Fsp3) is 0.500. The summed E-state index contributed by atoms with van der Waals surface area (Å²) in [5.41, 5.74) is 0.730. The van der Waals surface area contributed by atoms with Gasteiger partial charge < -0.3 is 10.1 Å². The minimum atomic E-state index is -3.18. The van der Waals surface area contributed by atoms with Crippen molar-refractivity contribution in [1.82, 2.24) is 5.32 Å². The quantitative estimate of drug-likeness (QED) is 0.782.